The molecule has 4 rings (SSSR count). The topological polar surface area (TPSA) is 68.3 Å². The van der Waals surface area contributed by atoms with Crippen molar-refractivity contribution in [3.63, 3.8) is 0 Å². The Bertz CT molecular complexity index is 1410. The zero-order valence-electron chi connectivity index (χ0n) is 19.9. The second kappa shape index (κ2) is 12.1. The molecular formula is C25H23Cl2F3N2O3S3. The molecule has 0 aliphatic heterocycles. The molecule has 5 nitrogen and oxygen atoms in total. The fraction of sp³-hybridized carbons (Fsp3) is 0.360. The largest absolute Gasteiger partial charge is 0.382 e. The summed E-state index contributed by atoms with van der Waals surface area (Å²) in [6, 6.07) is 11.2. The van der Waals surface area contributed by atoms with Crippen molar-refractivity contribution in [3.8, 4) is 27.4 Å². The van der Waals surface area contributed by atoms with Crippen LogP contribution in [0.5, 0.6) is 5.75 Å². The molecule has 0 bridgehead atoms. The maximum absolute atomic E-state index is 13.6. The van der Waals surface area contributed by atoms with Crippen molar-refractivity contribution in [1.29, 1.82) is 0 Å². The van der Waals surface area contributed by atoms with Gasteiger partial charge in [-0.05, 0) is 67.3 Å². The second-order valence-electron chi connectivity index (χ2n) is 8.84. The van der Waals surface area contributed by atoms with E-state index in [1.807, 2.05) is 0 Å². The molecule has 3 aromatic rings. The lowest BCUT2D eigenvalue weighted by Crippen LogP contribution is -2.39. The van der Waals surface area contributed by atoms with Gasteiger partial charge in [-0.1, -0.05) is 35.4 Å². The molecule has 0 radical (unpaired) electrons. The van der Waals surface area contributed by atoms with E-state index >= 15 is 0 Å². The van der Waals surface area contributed by atoms with E-state index in [0.29, 0.717) is 54.6 Å². The minimum absolute atomic E-state index is 0.0923. The van der Waals surface area contributed by atoms with Crippen molar-refractivity contribution in [2.45, 2.75) is 44.1 Å². The maximum Gasteiger partial charge on any atom is 0.309 e. The van der Waals surface area contributed by atoms with Gasteiger partial charge in [0.25, 0.3) is 0 Å². The van der Waals surface area contributed by atoms with Crippen LogP contribution < -0.4 is 9.50 Å². The Balaban J connectivity index is 1.63. The lowest BCUT2D eigenvalue weighted by Gasteiger charge is -2.29. The molecule has 204 valence electrons. The molecule has 1 fully saturated rings. The van der Waals surface area contributed by atoms with Crippen LogP contribution in [0.4, 0.5) is 13.2 Å². The number of hydrogen-bond acceptors (Lipinski definition) is 6. The Morgan fingerprint density at radius 3 is 2.47 bits per heavy atom. The molecule has 1 saturated carbocycles. The first kappa shape index (κ1) is 29.1. The Labute approximate surface area is 238 Å². The van der Waals surface area contributed by atoms with Crippen molar-refractivity contribution in [3.05, 3.63) is 57.5 Å². The second-order valence-corrected chi connectivity index (χ2v) is 12.8. The molecule has 0 atom stereocenters. The van der Waals surface area contributed by atoms with Gasteiger partial charge in [0, 0.05) is 29.5 Å². The van der Waals surface area contributed by atoms with E-state index in [2.05, 4.69) is 5.32 Å². The summed E-state index contributed by atoms with van der Waals surface area (Å²) in [5, 5.41) is 4.49. The van der Waals surface area contributed by atoms with Crippen LogP contribution in [-0.4, -0.2) is 42.8 Å². The average molecular weight is 624 g/mol. The van der Waals surface area contributed by atoms with Crippen LogP contribution in [0.25, 0.3) is 21.7 Å². The van der Waals surface area contributed by atoms with Gasteiger partial charge in [0.2, 0.25) is 5.92 Å². The summed E-state index contributed by atoms with van der Waals surface area (Å²) in [6.07, 6.45) is 0.0697. The van der Waals surface area contributed by atoms with Crippen LogP contribution in [0.15, 0.2) is 42.5 Å². The molecular weight excluding hydrogens is 600 g/mol. The molecule has 1 N–H and O–H groups in total. The molecule has 1 aromatic heterocycles. The monoisotopic (exact) mass is 622 g/mol. The number of nitrogens with zero attached hydrogens (tertiary/aromatic N) is 1. The van der Waals surface area contributed by atoms with E-state index < -0.39 is 28.5 Å². The van der Waals surface area contributed by atoms with E-state index in [1.165, 1.54) is 23.5 Å². The Morgan fingerprint density at radius 2 is 1.84 bits per heavy atom. The van der Waals surface area contributed by atoms with E-state index in [0.717, 1.165) is 0 Å². The number of hydrogen-bond donors (Lipinski definition) is 1. The Hall–Kier alpha value is -1.92. The highest BCUT2D eigenvalue weighted by molar-refractivity contribution is 7.87. The molecule has 1 aliphatic carbocycles. The first-order chi connectivity index (χ1) is 18.0. The number of benzene rings is 2. The minimum Gasteiger partial charge on any atom is -0.382 e. The Morgan fingerprint density at radius 1 is 1.16 bits per heavy atom. The highest BCUT2D eigenvalue weighted by Gasteiger charge is 2.35. The normalized spacial score (nSPS) is 15.8. The number of thiocarbonyl (C=S) groups is 1. The molecule has 38 heavy (non-hydrogen) atoms. The smallest absolute Gasteiger partial charge is 0.309 e. The zero-order chi connectivity index (χ0) is 27.5. The summed E-state index contributed by atoms with van der Waals surface area (Å²) in [5.74, 6) is -2.98. The number of thiazole rings is 1. The summed E-state index contributed by atoms with van der Waals surface area (Å²) in [6.45, 7) is -0.755. The van der Waals surface area contributed by atoms with Gasteiger partial charge in [-0.15, -0.1) is 11.3 Å². The van der Waals surface area contributed by atoms with E-state index in [-0.39, 0.29) is 31.1 Å². The van der Waals surface area contributed by atoms with Gasteiger partial charge in [0.05, 0.1) is 28.0 Å². The highest BCUT2D eigenvalue weighted by Crippen LogP contribution is 2.41. The van der Waals surface area contributed by atoms with Crippen molar-refractivity contribution >= 4 is 61.9 Å². The predicted molar refractivity (Wildman–Crippen MR) is 150 cm³/mol. The van der Waals surface area contributed by atoms with E-state index in [9.17, 15) is 21.6 Å². The average Bonchev–Trinajstić information content (AvgIpc) is 3.30. The van der Waals surface area contributed by atoms with Gasteiger partial charge in [0.15, 0.2) is 5.01 Å². The predicted octanol–water partition coefficient (Wildman–Crippen LogP) is 7.70. The number of halogens is 5. The van der Waals surface area contributed by atoms with Crippen LogP contribution in [0.3, 0.4) is 0 Å². The molecule has 0 amide bonds. The van der Waals surface area contributed by atoms with Crippen molar-refractivity contribution in [2.75, 3.05) is 12.4 Å². The van der Waals surface area contributed by atoms with Gasteiger partial charge < -0.3 is 9.50 Å². The molecule has 13 heteroatoms. The van der Waals surface area contributed by atoms with Gasteiger partial charge in [-0.2, -0.15) is 8.42 Å². The van der Waals surface area contributed by atoms with Crippen LogP contribution in [0.1, 0.15) is 37.1 Å². The van der Waals surface area contributed by atoms with Crippen LogP contribution in [-0.2, 0) is 10.1 Å². The number of alkyl halides is 3. The zero-order valence-corrected chi connectivity index (χ0v) is 23.8. The van der Waals surface area contributed by atoms with Crippen LogP contribution >= 0.6 is 46.8 Å². The quantitative estimate of drug-likeness (QED) is 0.195. The third-order valence-corrected chi connectivity index (χ3v) is 9.27. The fourth-order valence-electron chi connectivity index (χ4n) is 3.99. The van der Waals surface area contributed by atoms with Crippen molar-refractivity contribution < 1.29 is 25.8 Å². The lowest BCUT2D eigenvalue weighted by atomic mass is 9.92. The maximum atomic E-state index is 13.6. The van der Waals surface area contributed by atoms with Crippen molar-refractivity contribution in [2.24, 2.45) is 0 Å². The van der Waals surface area contributed by atoms with Crippen molar-refractivity contribution in [1.82, 2.24) is 10.3 Å². The van der Waals surface area contributed by atoms with Gasteiger partial charge >= 0.3 is 10.1 Å². The van der Waals surface area contributed by atoms with Gasteiger partial charge in [0.1, 0.15) is 10.7 Å². The summed E-state index contributed by atoms with van der Waals surface area (Å²) < 4.78 is 68.6. The third-order valence-electron chi connectivity index (χ3n) is 5.93. The summed E-state index contributed by atoms with van der Waals surface area (Å²) in [7, 11) is -3.92. The molecule has 1 aliphatic rings. The molecule has 0 spiro atoms. The molecule has 1 heterocycles. The van der Waals surface area contributed by atoms with Gasteiger partial charge in [-0.25, -0.2) is 13.8 Å². The summed E-state index contributed by atoms with van der Waals surface area (Å²) >= 11 is 19.4. The minimum atomic E-state index is -3.92. The van der Waals surface area contributed by atoms with Crippen LogP contribution in [0.2, 0.25) is 10.0 Å². The summed E-state index contributed by atoms with van der Waals surface area (Å²) in [5.41, 5.74) is 1.85. The standard InChI is InChI=1S/C25H23Cl2F3N2O3S3/c26-16-4-7-19(20(27)14-16)21-22(15-2-5-18(6-3-15)35-38(33,34)13-1-12-28)37-24(32-21)23(36)31-17-8-10-25(29,30)11-9-17/h2-7,14,17H,1,8-13H2,(H,31,36). The highest BCUT2D eigenvalue weighted by atomic mass is 35.5. The molecule has 0 saturated heterocycles. The molecule has 0 unspecified atom stereocenters. The first-order valence-electron chi connectivity index (χ1n) is 11.7. The van der Waals surface area contributed by atoms with E-state index in [4.69, 9.17) is 44.6 Å². The van der Waals surface area contributed by atoms with E-state index in [1.54, 1.807) is 30.3 Å². The Kier molecular flexibility index (Phi) is 9.24. The SMILES string of the molecule is O=S(=O)(CCCF)Oc1ccc(-c2sc(C(=S)NC3CCC(F)(F)CC3)nc2-c2ccc(Cl)cc2Cl)cc1. The lowest BCUT2D eigenvalue weighted by molar-refractivity contribution is -0.0389. The number of rotatable bonds is 9. The fourth-order valence-corrected chi connectivity index (χ4v) is 6.76. The third kappa shape index (κ3) is 7.38. The number of aromatic nitrogens is 1. The number of nitrogens with one attached hydrogen (secondary N) is 1. The van der Waals surface area contributed by atoms with Crippen LogP contribution in [0, 0.1) is 0 Å². The van der Waals surface area contributed by atoms with Gasteiger partial charge in [-0.3, -0.25) is 4.39 Å². The first-order valence-corrected chi connectivity index (χ1v) is 15.3. The summed E-state index contributed by atoms with van der Waals surface area (Å²) in [4.78, 5) is 5.79. The molecule has 2 aromatic carbocycles.